The molecule has 0 radical (unpaired) electrons. The summed E-state index contributed by atoms with van der Waals surface area (Å²) in [7, 11) is 0. The Labute approximate surface area is 70.5 Å². The van der Waals surface area contributed by atoms with Gasteiger partial charge < -0.3 is 10.2 Å². The van der Waals surface area contributed by atoms with Crippen molar-refractivity contribution in [2.45, 2.75) is 12.8 Å². The fourth-order valence-corrected chi connectivity index (χ4v) is 1.000. The summed E-state index contributed by atoms with van der Waals surface area (Å²) >= 11 is 0. The van der Waals surface area contributed by atoms with Crippen LogP contribution in [0.1, 0.15) is 12.0 Å². The summed E-state index contributed by atoms with van der Waals surface area (Å²) in [6.07, 6.45) is 0.681. The van der Waals surface area contributed by atoms with Crippen LogP contribution in [-0.4, -0.2) is 10.2 Å². The van der Waals surface area contributed by atoms with Crippen molar-refractivity contribution in [3.8, 4) is 17.6 Å². The lowest BCUT2D eigenvalue weighted by atomic mass is 10.1. The first-order chi connectivity index (χ1) is 5.75. The van der Waals surface area contributed by atoms with E-state index in [0.29, 0.717) is 18.4 Å². The molecule has 0 saturated heterocycles. The predicted molar refractivity (Wildman–Crippen MR) is 43.7 cm³/mol. The van der Waals surface area contributed by atoms with Gasteiger partial charge in [0, 0.05) is 12.0 Å². The molecular weight excluding hydrogens is 154 g/mol. The van der Waals surface area contributed by atoms with Crippen LogP contribution in [0.3, 0.4) is 0 Å². The van der Waals surface area contributed by atoms with E-state index in [4.69, 9.17) is 5.26 Å². The number of benzene rings is 1. The van der Waals surface area contributed by atoms with Gasteiger partial charge in [0.05, 0.1) is 6.07 Å². The van der Waals surface area contributed by atoms with Crippen LogP contribution in [0.5, 0.6) is 11.5 Å². The van der Waals surface area contributed by atoms with Gasteiger partial charge in [-0.15, -0.1) is 0 Å². The molecular formula is C9H9NO2. The Balaban J connectivity index is 2.90. The molecule has 1 rings (SSSR count). The fourth-order valence-electron chi connectivity index (χ4n) is 1.000. The van der Waals surface area contributed by atoms with Crippen LogP contribution in [0.4, 0.5) is 0 Å². The smallest absolute Gasteiger partial charge is 0.122 e. The van der Waals surface area contributed by atoms with Crippen LogP contribution in [0.2, 0.25) is 0 Å². The molecule has 0 spiro atoms. The number of phenolic OH excluding ortho intramolecular Hbond substituents is 2. The summed E-state index contributed by atoms with van der Waals surface area (Å²) in [5.41, 5.74) is 0.444. The van der Waals surface area contributed by atoms with Gasteiger partial charge in [-0.3, -0.25) is 0 Å². The number of aromatic hydroxyl groups is 2. The van der Waals surface area contributed by atoms with E-state index in [2.05, 4.69) is 0 Å². The van der Waals surface area contributed by atoms with Gasteiger partial charge in [-0.25, -0.2) is 0 Å². The van der Waals surface area contributed by atoms with Crippen molar-refractivity contribution >= 4 is 0 Å². The number of hydrogen-bond donors (Lipinski definition) is 2. The van der Waals surface area contributed by atoms with Crippen molar-refractivity contribution in [3.05, 3.63) is 23.8 Å². The van der Waals surface area contributed by atoms with Crippen LogP contribution in [0.25, 0.3) is 0 Å². The highest BCUT2D eigenvalue weighted by molar-refractivity contribution is 5.43. The van der Waals surface area contributed by atoms with Gasteiger partial charge in [-0.1, -0.05) is 6.07 Å². The van der Waals surface area contributed by atoms with Crippen molar-refractivity contribution < 1.29 is 10.2 Å². The molecule has 0 aromatic heterocycles. The number of nitrogens with zero attached hydrogens (tertiary/aromatic N) is 1. The van der Waals surface area contributed by atoms with E-state index in [0.717, 1.165) is 0 Å². The van der Waals surface area contributed by atoms with Gasteiger partial charge in [0.25, 0.3) is 0 Å². The number of nitriles is 1. The average Bonchev–Trinajstić information content (AvgIpc) is 2.04. The molecule has 1 aromatic rings. The Morgan fingerprint density at radius 2 is 1.83 bits per heavy atom. The lowest BCUT2D eigenvalue weighted by molar-refractivity contribution is 0.438. The molecule has 0 atom stereocenters. The zero-order chi connectivity index (χ0) is 8.97. The maximum atomic E-state index is 9.25. The van der Waals surface area contributed by atoms with Gasteiger partial charge >= 0.3 is 0 Å². The van der Waals surface area contributed by atoms with E-state index in [1.807, 2.05) is 6.07 Å². The summed E-state index contributed by atoms with van der Waals surface area (Å²) < 4.78 is 0. The lowest BCUT2D eigenvalue weighted by Crippen LogP contribution is -1.85. The number of rotatable bonds is 2. The summed E-state index contributed by atoms with van der Waals surface area (Å²) in [5.74, 6) is 0.0931. The van der Waals surface area contributed by atoms with Crippen molar-refractivity contribution in [1.82, 2.24) is 0 Å². The molecule has 0 aliphatic carbocycles. The molecule has 0 fully saturated rings. The Morgan fingerprint density at radius 3 is 2.33 bits per heavy atom. The second kappa shape index (κ2) is 3.63. The first-order valence-electron chi connectivity index (χ1n) is 3.62. The van der Waals surface area contributed by atoms with E-state index in [9.17, 15) is 10.2 Å². The summed E-state index contributed by atoms with van der Waals surface area (Å²) in [4.78, 5) is 0. The SMILES string of the molecule is N#CCCc1c(O)cccc1O. The van der Waals surface area contributed by atoms with Crippen molar-refractivity contribution in [3.63, 3.8) is 0 Å². The zero-order valence-corrected chi connectivity index (χ0v) is 6.49. The summed E-state index contributed by atoms with van der Waals surface area (Å²) in [6.45, 7) is 0. The van der Waals surface area contributed by atoms with Gasteiger partial charge in [0.2, 0.25) is 0 Å². The maximum absolute atomic E-state index is 9.25. The molecule has 2 N–H and O–H groups in total. The molecule has 3 heteroatoms. The highest BCUT2D eigenvalue weighted by Gasteiger charge is 2.04. The van der Waals surface area contributed by atoms with E-state index >= 15 is 0 Å². The molecule has 12 heavy (non-hydrogen) atoms. The Morgan fingerprint density at radius 1 is 1.25 bits per heavy atom. The summed E-state index contributed by atoms with van der Waals surface area (Å²) in [6, 6.07) is 6.49. The topological polar surface area (TPSA) is 64.2 Å². The van der Waals surface area contributed by atoms with Gasteiger partial charge in [0.15, 0.2) is 0 Å². The minimum absolute atomic E-state index is 0.0465. The van der Waals surface area contributed by atoms with Crippen LogP contribution < -0.4 is 0 Å². The molecule has 0 bridgehead atoms. The van der Waals surface area contributed by atoms with Crippen molar-refractivity contribution in [1.29, 1.82) is 5.26 Å². The third-order valence-corrected chi connectivity index (χ3v) is 1.61. The predicted octanol–water partition coefficient (Wildman–Crippen LogP) is 1.55. The van der Waals surface area contributed by atoms with Crippen molar-refractivity contribution in [2.75, 3.05) is 0 Å². The third-order valence-electron chi connectivity index (χ3n) is 1.61. The highest BCUT2D eigenvalue weighted by atomic mass is 16.3. The normalized spacial score (nSPS) is 9.25. The largest absolute Gasteiger partial charge is 0.508 e. The van der Waals surface area contributed by atoms with E-state index < -0.39 is 0 Å². The first-order valence-corrected chi connectivity index (χ1v) is 3.62. The minimum atomic E-state index is 0.0465. The molecule has 0 aliphatic rings. The Hall–Kier alpha value is -1.69. The molecule has 0 saturated carbocycles. The first kappa shape index (κ1) is 8.41. The third kappa shape index (κ3) is 1.67. The molecule has 0 aliphatic heterocycles. The van der Waals surface area contributed by atoms with Gasteiger partial charge in [-0.2, -0.15) is 5.26 Å². The number of phenols is 2. The van der Waals surface area contributed by atoms with E-state index in [1.54, 1.807) is 6.07 Å². The maximum Gasteiger partial charge on any atom is 0.122 e. The van der Waals surface area contributed by atoms with Crippen LogP contribution >= 0.6 is 0 Å². The quantitative estimate of drug-likeness (QED) is 0.695. The lowest BCUT2D eigenvalue weighted by Gasteiger charge is -2.03. The summed E-state index contributed by atoms with van der Waals surface area (Å²) in [5, 5.41) is 26.8. The fraction of sp³-hybridized carbons (Fsp3) is 0.222. The zero-order valence-electron chi connectivity index (χ0n) is 6.49. The van der Waals surface area contributed by atoms with Gasteiger partial charge in [-0.05, 0) is 18.6 Å². The second-order valence-electron chi connectivity index (χ2n) is 2.43. The van der Waals surface area contributed by atoms with Crippen LogP contribution in [0, 0.1) is 11.3 Å². The molecule has 0 unspecified atom stereocenters. The number of hydrogen-bond acceptors (Lipinski definition) is 3. The monoisotopic (exact) mass is 163 g/mol. The Bertz CT molecular complexity index is 295. The molecule has 3 nitrogen and oxygen atoms in total. The standard InChI is InChI=1S/C9H9NO2/c10-6-2-3-7-8(11)4-1-5-9(7)12/h1,4-5,11-12H,2-3H2. The van der Waals surface area contributed by atoms with Crippen LogP contribution in [-0.2, 0) is 6.42 Å². The Kier molecular flexibility index (Phi) is 2.54. The minimum Gasteiger partial charge on any atom is -0.508 e. The highest BCUT2D eigenvalue weighted by Crippen LogP contribution is 2.26. The average molecular weight is 163 g/mol. The van der Waals surface area contributed by atoms with Crippen LogP contribution in [0.15, 0.2) is 18.2 Å². The molecule has 62 valence electrons. The molecule has 0 heterocycles. The molecule has 0 amide bonds. The second-order valence-corrected chi connectivity index (χ2v) is 2.43. The van der Waals surface area contributed by atoms with Gasteiger partial charge in [0.1, 0.15) is 11.5 Å². The van der Waals surface area contributed by atoms with E-state index in [1.165, 1.54) is 12.1 Å². The van der Waals surface area contributed by atoms with E-state index in [-0.39, 0.29) is 11.5 Å². The molecule has 1 aromatic carbocycles. The van der Waals surface area contributed by atoms with Crippen molar-refractivity contribution in [2.24, 2.45) is 0 Å².